The third-order valence-corrected chi connectivity index (χ3v) is 3.34. The number of para-hydroxylation sites is 2. The van der Waals surface area contributed by atoms with E-state index in [0.29, 0.717) is 5.56 Å². The smallest absolute Gasteiger partial charge is 0.250 e. The van der Waals surface area contributed by atoms with Gasteiger partial charge in [-0.1, -0.05) is 24.3 Å². The van der Waals surface area contributed by atoms with Gasteiger partial charge in [0.2, 0.25) is 0 Å². The second-order valence-electron chi connectivity index (χ2n) is 4.71. The van der Waals surface area contributed by atoms with E-state index >= 15 is 0 Å². The predicted molar refractivity (Wildman–Crippen MR) is 78.5 cm³/mol. The summed E-state index contributed by atoms with van der Waals surface area (Å²) in [5.41, 5.74) is 3.05. The minimum atomic E-state index is -0.0376. The van der Waals surface area contributed by atoms with Gasteiger partial charge >= 0.3 is 0 Å². The van der Waals surface area contributed by atoms with E-state index < -0.39 is 0 Å². The molecule has 0 saturated heterocycles. The van der Waals surface area contributed by atoms with Gasteiger partial charge in [0, 0.05) is 11.3 Å². The van der Waals surface area contributed by atoms with Gasteiger partial charge in [-0.3, -0.25) is 14.5 Å². The number of benzene rings is 2. The molecule has 2 aromatic carbocycles. The van der Waals surface area contributed by atoms with Crippen LogP contribution in [-0.4, -0.2) is 18.2 Å². The zero-order chi connectivity index (χ0) is 14.1. The number of carbonyl (C=O) groups is 2. The molecule has 0 aliphatic carbocycles. The Bertz CT molecular complexity index is 694. The SMILES string of the molecule is CC(=O)c1cccc(N2C(=O)CNc3ccccc32)c1. The molecule has 0 fully saturated rings. The van der Waals surface area contributed by atoms with E-state index in [0.717, 1.165) is 17.1 Å². The first-order valence-corrected chi connectivity index (χ1v) is 6.43. The van der Waals surface area contributed by atoms with Gasteiger partial charge in [0.25, 0.3) is 5.91 Å². The number of Topliss-reactive ketones (excluding diaryl/α,β-unsaturated/α-hetero) is 1. The lowest BCUT2D eigenvalue weighted by atomic mass is 10.1. The van der Waals surface area contributed by atoms with Crippen molar-refractivity contribution in [2.24, 2.45) is 0 Å². The second-order valence-corrected chi connectivity index (χ2v) is 4.71. The number of hydrogen-bond donors (Lipinski definition) is 1. The van der Waals surface area contributed by atoms with Crippen molar-refractivity contribution in [3.05, 3.63) is 54.1 Å². The average molecular weight is 266 g/mol. The summed E-state index contributed by atoms with van der Waals surface area (Å²) in [5.74, 6) is -0.0490. The number of nitrogens with one attached hydrogen (secondary N) is 1. The van der Waals surface area contributed by atoms with Gasteiger partial charge in [-0.25, -0.2) is 0 Å². The van der Waals surface area contributed by atoms with E-state index in [2.05, 4.69) is 5.32 Å². The summed E-state index contributed by atoms with van der Waals surface area (Å²) in [7, 11) is 0. The summed E-state index contributed by atoms with van der Waals surface area (Å²) in [6.45, 7) is 1.77. The van der Waals surface area contributed by atoms with Gasteiger partial charge in [0.1, 0.15) is 0 Å². The van der Waals surface area contributed by atoms with Gasteiger partial charge in [-0.15, -0.1) is 0 Å². The van der Waals surface area contributed by atoms with E-state index in [4.69, 9.17) is 0 Å². The summed E-state index contributed by atoms with van der Waals surface area (Å²) in [6, 6.07) is 14.8. The van der Waals surface area contributed by atoms with Gasteiger partial charge in [0.15, 0.2) is 5.78 Å². The normalized spacial score (nSPS) is 13.7. The molecule has 100 valence electrons. The largest absolute Gasteiger partial charge is 0.374 e. The molecule has 3 rings (SSSR count). The van der Waals surface area contributed by atoms with Gasteiger partial charge in [-0.05, 0) is 31.2 Å². The van der Waals surface area contributed by atoms with Crippen LogP contribution in [0.5, 0.6) is 0 Å². The Balaban J connectivity index is 2.11. The zero-order valence-corrected chi connectivity index (χ0v) is 11.1. The highest BCUT2D eigenvalue weighted by molar-refractivity contribution is 6.08. The molecule has 4 heteroatoms. The molecule has 0 aromatic heterocycles. The van der Waals surface area contributed by atoms with Crippen LogP contribution < -0.4 is 10.2 Å². The molecule has 1 aliphatic rings. The van der Waals surface area contributed by atoms with E-state index in [1.807, 2.05) is 30.3 Å². The van der Waals surface area contributed by atoms with Crippen LogP contribution in [0.2, 0.25) is 0 Å². The minimum Gasteiger partial charge on any atom is -0.374 e. The monoisotopic (exact) mass is 266 g/mol. The maximum atomic E-state index is 12.2. The molecule has 0 radical (unpaired) electrons. The maximum absolute atomic E-state index is 12.2. The standard InChI is InChI=1S/C16H14N2O2/c1-11(19)12-5-4-6-13(9-12)18-15-8-3-2-7-14(15)17-10-16(18)20/h2-9,17H,10H2,1H3. The third-order valence-electron chi connectivity index (χ3n) is 3.34. The number of anilines is 3. The number of rotatable bonds is 2. The van der Waals surface area contributed by atoms with Crippen LogP contribution in [0.25, 0.3) is 0 Å². The van der Waals surface area contributed by atoms with Gasteiger partial charge in [0.05, 0.1) is 17.9 Å². The summed E-state index contributed by atoms with van der Waals surface area (Å²) in [5, 5.41) is 3.09. The second kappa shape index (κ2) is 4.81. The molecule has 0 atom stereocenters. The fourth-order valence-corrected chi connectivity index (χ4v) is 2.35. The molecule has 1 N–H and O–H groups in total. The van der Waals surface area contributed by atoms with E-state index in [1.54, 1.807) is 23.1 Å². The Kier molecular flexibility index (Phi) is 2.99. The molecule has 0 saturated carbocycles. The van der Waals surface area contributed by atoms with Gasteiger partial charge in [-0.2, -0.15) is 0 Å². The summed E-state index contributed by atoms with van der Waals surface area (Å²) >= 11 is 0. The Morgan fingerprint density at radius 2 is 1.95 bits per heavy atom. The molecule has 1 aliphatic heterocycles. The molecular formula is C16H14N2O2. The Morgan fingerprint density at radius 1 is 1.15 bits per heavy atom. The topological polar surface area (TPSA) is 49.4 Å². The minimum absolute atomic E-state index is 0.0114. The molecule has 0 bridgehead atoms. The van der Waals surface area contributed by atoms with Crippen molar-refractivity contribution in [1.82, 2.24) is 0 Å². The third kappa shape index (κ3) is 2.05. The molecule has 1 heterocycles. The summed E-state index contributed by atoms with van der Waals surface area (Å²) in [4.78, 5) is 25.4. The molecule has 0 spiro atoms. The first-order chi connectivity index (χ1) is 9.66. The number of nitrogens with zero attached hydrogens (tertiary/aromatic N) is 1. The predicted octanol–water partition coefficient (Wildman–Crippen LogP) is 2.98. The molecule has 4 nitrogen and oxygen atoms in total. The van der Waals surface area contributed by atoms with Crippen molar-refractivity contribution >= 4 is 28.8 Å². The van der Waals surface area contributed by atoms with Crippen LogP contribution in [0.15, 0.2) is 48.5 Å². The van der Waals surface area contributed by atoms with Crippen molar-refractivity contribution in [2.75, 3.05) is 16.8 Å². The average Bonchev–Trinajstić information content (AvgIpc) is 2.47. The van der Waals surface area contributed by atoms with Crippen LogP contribution in [0.1, 0.15) is 17.3 Å². The van der Waals surface area contributed by atoms with E-state index in [1.165, 1.54) is 6.92 Å². The lowest BCUT2D eigenvalue weighted by molar-refractivity contribution is -0.116. The van der Waals surface area contributed by atoms with E-state index in [9.17, 15) is 9.59 Å². The first kappa shape index (κ1) is 12.4. The molecular weight excluding hydrogens is 252 g/mol. The highest BCUT2D eigenvalue weighted by Crippen LogP contribution is 2.35. The number of carbonyl (C=O) groups excluding carboxylic acids is 2. The zero-order valence-electron chi connectivity index (χ0n) is 11.1. The molecule has 0 unspecified atom stereocenters. The fourth-order valence-electron chi connectivity index (χ4n) is 2.35. The first-order valence-electron chi connectivity index (χ1n) is 6.43. The number of fused-ring (bicyclic) bond motifs is 1. The Labute approximate surface area is 117 Å². The van der Waals surface area contributed by atoms with Gasteiger partial charge < -0.3 is 5.32 Å². The lowest BCUT2D eigenvalue weighted by Gasteiger charge is -2.30. The van der Waals surface area contributed by atoms with Crippen molar-refractivity contribution in [3.8, 4) is 0 Å². The van der Waals surface area contributed by atoms with E-state index in [-0.39, 0.29) is 18.2 Å². The van der Waals surface area contributed by atoms with Crippen molar-refractivity contribution in [1.29, 1.82) is 0 Å². The van der Waals surface area contributed by atoms with Crippen molar-refractivity contribution in [2.45, 2.75) is 6.92 Å². The lowest BCUT2D eigenvalue weighted by Crippen LogP contribution is -2.36. The summed E-state index contributed by atoms with van der Waals surface area (Å²) in [6.07, 6.45) is 0. The quantitative estimate of drug-likeness (QED) is 0.850. The van der Waals surface area contributed by atoms with Crippen LogP contribution >= 0.6 is 0 Å². The number of ketones is 1. The highest BCUT2D eigenvalue weighted by atomic mass is 16.2. The highest BCUT2D eigenvalue weighted by Gasteiger charge is 2.25. The van der Waals surface area contributed by atoms with Crippen LogP contribution in [-0.2, 0) is 4.79 Å². The molecule has 1 amide bonds. The summed E-state index contributed by atoms with van der Waals surface area (Å²) < 4.78 is 0. The molecule has 2 aromatic rings. The number of hydrogen-bond acceptors (Lipinski definition) is 3. The van der Waals surface area contributed by atoms with Crippen LogP contribution in [0.4, 0.5) is 17.1 Å². The fraction of sp³-hybridized carbons (Fsp3) is 0.125. The Morgan fingerprint density at radius 3 is 2.75 bits per heavy atom. The van der Waals surface area contributed by atoms with Crippen molar-refractivity contribution < 1.29 is 9.59 Å². The molecule has 20 heavy (non-hydrogen) atoms. The van der Waals surface area contributed by atoms with Crippen LogP contribution in [0, 0.1) is 0 Å². The van der Waals surface area contributed by atoms with Crippen molar-refractivity contribution in [3.63, 3.8) is 0 Å². The van der Waals surface area contributed by atoms with Crippen LogP contribution in [0.3, 0.4) is 0 Å². The number of amides is 1. The Hall–Kier alpha value is -2.62. The maximum Gasteiger partial charge on any atom is 0.250 e.